The Morgan fingerprint density at radius 3 is 2.07 bits per heavy atom. The number of rotatable bonds is 6. The van der Waals surface area contributed by atoms with Crippen molar-refractivity contribution in [2.24, 2.45) is 11.3 Å². The summed E-state index contributed by atoms with van der Waals surface area (Å²) in [6, 6.07) is 11.2. The molecule has 3 fully saturated rings. The van der Waals surface area contributed by atoms with Crippen molar-refractivity contribution in [1.29, 1.82) is 0 Å². The molecule has 2 heterocycles. The maximum Gasteiger partial charge on any atom is 0.374 e. The first-order valence-electron chi connectivity index (χ1n) is 13.9. The molecule has 2 bridgehead atoms. The third-order valence-electron chi connectivity index (χ3n) is 9.17. The third-order valence-corrected chi connectivity index (χ3v) is 9.17. The first-order chi connectivity index (χ1) is 19.6. The minimum absolute atomic E-state index is 0.0547. The Kier molecular flexibility index (Phi) is 7.26. The highest BCUT2D eigenvalue weighted by Crippen LogP contribution is 2.69. The number of carbonyl (C=O) groups is 4. The number of esters is 4. The topological polar surface area (TPSA) is 148 Å². The molecule has 1 N–H and O–H groups in total. The predicted molar refractivity (Wildman–Crippen MR) is 144 cm³/mol. The van der Waals surface area contributed by atoms with E-state index < -0.39 is 76.4 Å². The molecule has 1 aromatic carbocycles. The second kappa shape index (κ2) is 10.2. The van der Waals surface area contributed by atoms with Crippen molar-refractivity contribution in [3.63, 3.8) is 0 Å². The molecule has 42 heavy (non-hydrogen) atoms. The summed E-state index contributed by atoms with van der Waals surface area (Å²) in [5, 5.41) is 12.4. The molecular weight excluding hydrogens is 548 g/mol. The maximum atomic E-state index is 13.3. The molecule has 0 unspecified atom stereocenters. The van der Waals surface area contributed by atoms with Gasteiger partial charge >= 0.3 is 23.9 Å². The van der Waals surface area contributed by atoms with Gasteiger partial charge in [0.25, 0.3) is 0 Å². The molecule has 11 nitrogen and oxygen atoms in total. The van der Waals surface area contributed by atoms with E-state index in [1.165, 1.54) is 33.1 Å². The van der Waals surface area contributed by atoms with Crippen LogP contribution in [0.5, 0.6) is 0 Å². The SMILES string of the molecule is CC(=O)O[C@@H]1[C@H]2C[C@H](OC(=O)c3ccco3)[C@]3(C)[C@@H](OC(C)=O)[C@@H](OC(=O)c4ccccc4)C[C@@](C)(O)[C@@]13OC2(C)C. The highest BCUT2D eigenvalue weighted by Gasteiger charge is 2.84. The van der Waals surface area contributed by atoms with Crippen LogP contribution < -0.4 is 0 Å². The van der Waals surface area contributed by atoms with Gasteiger partial charge in [-0.15, -0.1) is 0 Å². The maximum absolute atomic E-state index is 13.3. The van der Waals surface area contributed by atoms with E-state index >= 15 is 0 Å². The van der Waals surface area contributed by atoms with Gasteiger partial charge in [-0.25, -0.2) is 9.59 Å². The lowest BCUT2D eigenvalue weighted by Crippen LogP contribution is -2.81. The molecule has 1 aliphatic heterocycles. The summed E-state index contributed by atoms with van der Waals surface area (Å²) in [6.07, 6.45) is -3.36. The molecule has 1 spiro atoms. The predicted octanol–water partition coefficient (Wildman–Crippen LogP) is 3.62. The van der Waals surface area contributed by atoms with Crippen LogP contribution >= 0.6 is 0 Å². The normalized spacial score (nSPS) is 36.3. The van der Waals surface area contributed by atoms with Gasteiger partial charge in [0.15, 0.2) is 6.10 Å². The molecule has 0 amide bonds. The van der Waals surface area contributed by atoms with Crippen molar-refractivity contribution in [1.82, 2.24) is 0 Å². The molecule has 3 aliphatic rings. The highest BCUT2D eigenvalue weighted by molar-refractivity contribution is 5.89. The number of benzene rings is 1. The quantitative estimate of drug-likeness (QED) is 0.392. The Morgan fingerprint density at radius 2 is 1.48 bits per heavy atom. The minimum Gasteiger partial charge on any atom is -0.459 e. The number of fused-ring (bicyclic) bond motifs is 1. The van der Waals surface area contributed by atoms with Crippen LogP contribution in [0.25, 0.3) is 0 Å². The van der Waals surface area contributed by atoms with Crippen molar-refractivity contribution >= 4 is 23.9 Å². The third kappa shape index (κ3) is 4.50. The van der Waals surface area contributed by atoms with Crippen LogP contribution in [0.1, 0.15) is 75.3 Å². The lowest BCUT2D eigenvalue weighted by atomic mass is 9.47. The summed E-state index contributed by atoms with van der Waals surface area (Å²) < 4.78 is 35.9. The van der Waals surface area contributed by atoms with E-state index in [2.05, 4.69) is 0 Å². The van der Waals surface area contributed by atoms with Gasteiger partial charge in [-0.1, -0.05) is 18.2 Å². The zero-order valence-corrected chi connectivity index (χ0v) is 24.4. The molecule has 226 valence electrons. The summed E-state index contributed by atoms with van der Waals surface area (Å²) >= 11 is 0. The van der Waals surface area contributed by atoms with E-state index in [0.717, 1.165) is 0 Å². The minimum atomic E-state index is -1.85. The van der Waals surface area contributed by atoms with Gasteiger partial charge in [0.2, 0.25) is 5.76 Å². The van der Waals surface area contributed by atoms with Crippen molar-refractivity contribution in [3.8, 4) is 0 Å². The van der Waals surface area contributed by atoms with Crippen molar-refractivity contribution in [3.05, 3.63) is 60.1 Å². The number of aliphatic hydroxyl groups is 1. The largest absolute Gasteiger partial charge is 0.459 e. The summed E-state index contributed by atoms with van der Waals surface area (Å²) in [6.45, 7) is 9.22. The van der Waals surface area contributed by atoms with E-state index in [0.29, 0.717) is 0 Å². The van der Waals surface area contributed by atoms with Crippen LogP contribution in [0.4, 0.5) is 0 Å². The van der Waals surface area contributed by atoms with Crippen molar-refractivity contribution < 1.29 is 52.4 Å². The van der Waals surface area contributed by atoms with Gasteiger partial charge in [-0.3, -0.25) is 9.59 Å². The Bertz CT molecular complexity index is 1360. The summed E-state index contributed by atoms with van der Waals surface area (Å²) in [4.78, 5) is 51.6. The van der Waals surface area contributed by atoms with Crippen LogP contribution in [-0.2, 0) is 33.3 Å². The second-order valence-corrected chi connectivity index (χ2v) is 12.3. The zero-order valence-electron chi connectivity index (χ0n) is 24.4. The van der Waals surface area contributed by atoms with Crippen LogP contribution in [0.2, 0.25) is 0 Å². The first kappa shape index (κ1) is 29.8. The smallest absolute Gasteiger partial charge is 0.374 e. The van der Waals surface area contributed by atoms with Gasteiger partial charge in [-0.05, 0) is 58.4 Å². The molecule has 1 saturated heterocycles. The van der Waals surface area contributed by atoms with Gasteiger partial charge in [0.1, 0.15) is 23.9 Å². The summed E-state index contributed by atoms with van der Waals surface area (Å²) in [7, 11) is 0. The van der Waals surface area contributed by atoms with Crippen LogP contribution in [0, 0.1) is 11.3 Å². The van der Waals surface area contributed by atoms with Crippen molar-refractivity contribution in [2.45, 2.75) is 95.6 Å². The van der Waals surface area contributed by atoms with Gasteiger partial charge in [0, 0.05) is 26.2 Å². The fraction of sp³-hybridized carbons (Fsp3) is 0.548. The molecule has 8 atom stereocenters. The zero-order chi connectivity index (χ0) is 30.7. The summed E-state index contributed by atoms with van der Waals surface area (Å²) in [5.41, 5.74) is -5.94. The number of furan rings is 1. The van der Waals surface area contributed by atoms with Crippen LogP contribution in [-0.4, -0.2) is 70.2 Å². The average Bonchev–Trinajstić information content (AvgIpc) is 3.50. The lowest BCUT2D eigenvalue weighted by molar-refractivity contribution is -0.343. The van der Waals surface area contributed by atoms with Gasteiger partial charge in [0.05, 0.1) is 28.4 Å². The number of carbonyl (C=O) groups excluding carboxylic acids is 4. The van der Waals surface area contributed by atoms with E-state index in [9.17, 15) is 24.3 Å². The van der Waals surface area contributed by atoms with E-state index in [1.54, 1.807) is 57.2 Å². The highest BCUT2D eigenvalue weighted by atomic mass is 16.6. The van der Waals surface area contributed by atoms with Gasteiger partial charge < -0.3 is 33.2 Å². The van der Waals surface area contributed by atoms with Crippen LogP contribution in [0.3, 0.4) is 0 Å². The lowest BCUT2D eigenvalue weighted by Gasteiger charge is -2.65. The van der Waals surface area contributed by atoms with E-state index in [-0.39, 0.29) is 24.2 Å². The summed E-state index contributed by atoms with van der Waals surface area (Å²) in [5.74, 6) is -3.36. The molecule has 2 saturated carbocycles. The molecule has 5 rings (SSSR count). The Labute approximate surface area is 243 Å². The fourth-order valence-corrected chi connectivity index (χ4v) is 7.52. The second-order valence-electron chi connectivity index (χ2n) is 12.3. The van der Waals surface area contributed by atoms with E-state index in [4.69, 9.17) is 28.1 Å². The Morgan fingerprint density at radius 1 is 0.833 bits per heavy atom. The van der Waals surface area contributed by atoms with Crippen LogP contribution in [0.15, 0.2) is 53.1 Å². The Balaban J connectivity index is 1.68. The molecule has 2 aromatic rings. The fourth-order valence-electron chi connectivity index (χ4n) is 7.52. The molecule has 1 aromatic heterocycles. The number of hydrogen-bond donors (Lipinski definition) is 1. The number of ether oxygens (including phenoxy) is 5. The Hall–Kier alpha value is -3.70. The van der Waals surface area contributed by atoms with Crippen molar-refractivity contribution in [2.75, 3.05) is 0 Å². The van der Waals surface area contributed by atoms with Gasteiger partial charge in [-0.2, -0.15) is 0 Å². The van der Waals surface area contributed by atoms with E-state index in [1.807, 2.05) is 0 Å². The molecule has 0 radical (unpaired) electrons. The monoisotopic (exact) mass is 584 g/mol. The average molecular weight is 585 g/mol. The standard InChI is InChI=1S/C31H36O11/c1-17(32)38-24-20-15-23(41-27(35)21-13-10-14-37-21)30(6)25(39-18(2)33)22(40-26(34)19-11-8-7-9-12-19)16-29(5,36)31(24,30)42-28(20,3)4/h7-14,20,22-25,36H,15-16H2,1-6H3/t20-,22+,23+,24-,25+,29-,30-,31+/m1/s1. The molecule has 2 aliphatic carbocycles. The molecule has 11 heteroatoms. The number of hydrogen-bond acceptors (Lipinski definition) is 11. The first-order valence-corrected chi connectivity index (χ1v) is 13.9. The molecular formula is C31H36O11.